The Morgan fingerprint density at radius 1 is 0.850 bits per heavy atom. The molecule has 6 aromatic rings. The summed E-state index contributed by atoms with van der Waals surface area (Å²) in [6, 6.07) is 33.0. The van der Waals surface area contributed by atoms with Crippen LogP contribution in [0.2, 0.25) is 19.6 Å². The fourth-order valence-corrected chi connectivity index (χ4v) is 7.23. The molecule has 7 rings (SSSR count). The van der Waals surface area contributed by atoms with Crippen molar-refractivity contribution in [1.29, 1.82) is 0 Å². The molecular weight excluding hydrogens is 701 g/mol. The zero-order chi connectivity index (χ0) is 29.5. The minimum Gasteiger partial charge on any atom is -0.304 e. The van der Waals surface area contributed by atoms with Gasteiger partial charge >= 0.3 is 0 Å². The Balaban J connectivity index is 0.000000188. The number of hydrogen-bond acceptors (Lipinski definition) is 3. The van der Waals surface area contributed by atoms with Crippen LogP contribution in [0, 0.1) is 19.0 Å². The molecule has 0 spiro atoms. The van der Waals surface area contributed by atoms with E-state index in [0.29, 0.717) is 0 Å². The third-order valence-corrected chi connectivity index (χ3v) is 10.4. The second kappa shape index (κ2) is 11.9. The van der Waals surface area contributed by atoms with Gasteiger partial charge in [0.1, 0.15) is 0 Å². The number of fused-ring (bicyclic) bond motifs is 3. The third kappa shape index (κ3) is 6.18. The number of thiophene rings is 1. The van der Waals surface area contributed by atoms with E-state index in [-0.39, 0.29) is 25.7 Å². The van der Waals surface area contributed by atoms with Crippen molar-refractivity contribution in [3.05, 3.63) is 115 Å². The molecule has 5 heteroatoms. The predicted molar refractivity (Wildman–Crippen MR) is 170 cm³/mol. The Bertz CT molecular complexity index is 1840. The molecule has 1 aliphatic rings. The van der Waals surface area contributed by atoms with E-state index in [9.17, 15) is 0 Å². The summed E-state index contributed by atoms with van der Waals surface area (Å²) in [6.07, 6.45) is 6.09. The summed E-state index contributed by atoms with van der Waals surface area (Å²) in [5.41, 5.74) is 5.41. The monoisotopic (exact) mass is 736 g/mol. The van der Waals surface area contributed by atoms with Crippen molar-refractivity contribution in [3.8, 4) is 22.5 Å². The summed E-state index contributed by atoms with van der Waals surface area (Å²) >= 11 is 1.89. The maximum absolute atomic E-state index is 7.23. The van der Waals surface area contributed by atoms with Crippen LogP contribution in [0.25, 0.3) is 42.7 Å². The maximum atomic E-state index is 7.23. The van der Waals surface area contributed by atoms with E-state index in [0.717, 1.165) is 28.4 Å². The van der Waals surface area contributed by atoms with E-state index >= 15 is 0 Å². The van der Waals surface area contributed by atoms with Crippen molar-refractivity contribution in [2.45, 2.75) is 45.3 Å². The Morgan fingerprint density at radius 2 is 1.68 bits per heavy atom. The summed E-state index contributed by atoms with van der Waals surface area (Å²) in [6.45, 7) is 5.13. The predicted octanol–water partition coefficient (Wildman–Crippen LogP) is 9.19. The molecule has 3 aromatic carbocycles. The van der Waals surface area contributed by atoms with Gasteiger partial charge in [-0.1, -0.05) is 66.6 Å². The minimum atomic E-state index is -2.09. The van der Waals surface area contributed by atoms with Gasteiger partial charge in [0, 0.05) is 41.3 Å². The van der Waals surface area contributed by atoms with Gasteiger partial charge in [0.2, 0.25) is 0 Å². The van der Waals surface area contributed by atoms with Crippen LogP contribution in [0.5, 0.6) is 0 Å². The number of rotatable bonds is 4. The van der Waals surface area contributed by atoms with Gasteiger partial charge < -0.3 is 9.97 Å². The van der Waals surface area contributed by atoms with Crippen molar-refractivity contribution in [2.75, 3.05) is 0 Å². The number of pyridine rings is 2. The standard InChI is InChI=1S/C23H22NSSi.C12H10N.Ir/c1-26(2,3)17-10-11-18-19-5-4-6-20(23(19)25-22(18)13-17)21-12-9-16(14-24-21)15-7-8-15;1-10-7-8-12(13-9-10)11-5-3-2-4-6-11;/h4-5,9-15H,7-8H2,1-3H3;2-5,7-9H,1H3;/q2*-1;/i;1D3;. The van der Waals surface area contributed by atoms with Crippen LogP contribution in [0.3, 0.4) is 0 Å². The first kappa shape index (κ1) is 24.8. The van der Waals surface area contributed by atoms with Crippen molar-refractivity contribution >= 4 is 44.8 Å². The van der Waals surface area contributed by atoms with E-state index in [1.807, 2.05) is 35.6 Å². The quantitative estimate of drug-likeness (QED) is 0.133. The molecule has 0 saturated heterocycles. The molecule has 1 saturated carbocycles. The molecule has 3 heterocycles. The number of aryl methyl sites for hydroxylation is 1. The largest absolute Gasteiger partial charge is 0.304 e. The van der Waals surface area contributed by atoms with Crippen LogP contribution in [0.15, 0.2) is 91.3 Å². The van der Waals surface area contributed by atoms with Gasteiger partial charge in [-0.3, -0.25) is 0 Å². The molecule has 0 amide bonds. The molecule has 40 heavy (non-hydrogen) atoms. The van der Waals surface area contributed by atoms with Crippen LogP contribution in [0.1, 0.15) is 34.0 Å². The molecule has 0 atom stereocenters. The summed E-state index contributed by atoms with van der Waals surface area (Å²) in [5, 5.41) is 4.21. The van der Waals surface area contributed by atoms with E-state index in [4.69, 9.17) is 9.10 Å². The summed E-state index contributed by atoms with van der Waals surface area (Å²) in [4.78, 5) is 8.89. The van der Waals surface area contributed by atoms with Gasteiger partial charge in [0.15, 0.2) is 0 Å². The van der Waals surface area contributed by atoms with Crippen LogP contribution in [0.4, 0.5) is 0 Å². The number of hydrogen-bond donors (Lipinski definition) is 0. The second-order valence-corrected chi connectivity index (χ2v) is 17.2. The fourth-order valence-electron chi connectivity index (χ4n) is 4.72. The Hall–Kier alpha value is -2.95. The fraction of sp³-hybridized carbons (Fsp3) is 0.200. The summed E-state index contributed by atoms with van der Waals surface area (Å²) in [5.74, 6) is 0.751. The van der Waals surface area contributed by atoms with E-state index < -0.39 is 14.9 Å². The van der Waals surface area contributed by atoms with Gasteiger partial charge in [-0.2, -0.15) is 11.3 Å². The van der Waals surface area contributed by atoms with Crippen LogP contribution in [-0.4, -0.2) is 18.0 Å². The third-order valence-electron chi connectivity index (χ3n) is 7.14. The van der Waals surface area contributed by atoms with Gasteiger partial charge in [0.25, 0.3) is 0 Å². The first-order valence-corrected chi connectivity index (χ1v) is 17.7. The number of benzene rings is 3. The van der Waals surface area contributed by atoms with Gasteiger partial charge in [-0.25, -0.2) is 0 Å². The molecule has 0 aliphatic heterocycles. The van der Waals surface area contributed by atoms with Gasteiger partial charge in [0.05, 0.1) is 8.07 Å². The molecule has 203 valence electrons. The number of nitrogens with zero attached hydrogens (tertiary/aromatic N) is 2. The van der Waals surface area contributed by atoms with E-state index in [2.05, 4.69) is 79.4 Å². The molecule has 2 nitrogen and oxygen atoms in total. The summed E-state index contributed by atoms with van der Waals surface area (Å²) in [7, 11) is -1.30. The SMILES string of the molecule is C[Si](C)(C)c1ccc2c(c1)sc1c(-c3ccc(C4CC4)cn3)[c-]ccc12.[2H]C([2H])([2H])c1ccc(-c2[c-]cccc2)nc1.[Ir]. The van der Waals surface area contributed by atoms with Crippen LogP contribution >= 0.6 is 11.3 Å². The zero-order valence-electron chi connectivity index (χ0n) is 25.8. The topological polar surface area (TPSA) is 25.8 Å². The molecule has 1 aliphatic carbocycles. The van der Waals surface area contributed by atoms with Gasteiger partial charge in [-0.15, -0.1) is 59.7 Å². The zero-order valence-corrected chi connectivity index (χ0v) is 27.0. The van der Waals surface area contributed by atoms with Crippen molar-refractivity contribution in [1.82, 2.24) is 9.97 Å². The minimum absolute atomic E-state index is 0. The molecule has 1 radical (unpaired) electrons. The first-order chi connectivity index (χ1) is 20.1. The normalized spacial score (nSPS) is 14.4. The Labute approximate surface area is 260 Å². The van der Waals surface area contributed by atoms with E-state index in [1.165, 1.54) is 50.0 Å². The van der Waals surface area contributed by atoms with Crippen LogP contribution in [-0.2, 0) is 20.1 Å². The smallest absolute Gasteiger partial charge is 0.0776 e. The van der Waals surface area contributed by atoms with Crippen molar-refractivity contribution < 1.29 is 24.2 Å². The molecule has 0 N–H and O–H groups in total. The molecular formula is C35H32IrN2SSi-2. The maximum Gasteiger partial charge on any atom is 0.0776 e. The molecule has 3 aromatic heterocycles. The van der Waals surface area contributed by atoms with Crippen molar-refractivity contribution in [2.24, 2.45) is 0 Å². The van der Waals surface area contributed by atoms with Crippen LogP contribution < -0.4 is 5.19 Å². The Morgan fingerprint density at radius 3 is 2.33 bits per heavy atom. The molecule has 1 fully saturated rings. The molecule has 0 bridgehead atoms. The Kier molecular flexibility index (Phi) is 7.37. The number of aromatic nitrogens is 2. The first-order valence-electron chi connectivity index (χ1n) is 14.9. The average molecular weight is 736 g/mol. The second-order valence-electron chi connectivity index (χ2n) is 11.1. The summed E-state index contributed by atoms with van der Waals surface area (Å²) < 4.78 is 24.4. The average Bonchev–Trinajstić information content (AvgIpc) is 3.77. The molecule has 0 unspecified atom stereocenters. The van der Waals surface area contributed by atoms with E-state index in [1.54, 1.807) is 18.2 Å². The van der Waals surface area contributed by atoms with Crippen molar-refractivity contribution in [3.63, 3.8) is 0 Å². The van der Waals surface area contributed by atoms with Gasteiger partial charge in [-0.05, 0) is 64.3 Å².